The number of rotatable bonds is 8. The molecule has 0 bridgehead atoms. The Labute approximate surface area is 206 Å². The number of benzene rings is 1. The molecule has 1 saturated carbocycles. The van der Waals surface area contributed by atoms with Crippen LogP contribution in [0.2, 0.25) is 0 Å². The van der Waals surface area contributed by atoms with E-state index in [1.807, 2.05) is 25.1 Å². The fourth-order valence-electron chi connectivity index (χ4n) is 4.57. The van der Waals surface area contributed by atoms with Crippen LogP contribution in [0.25, 0.3) is 0 Å². The number of hydrogen-bond donors (Lipinski definition) is 2. The van der Waals surface area contributed by atoms with Crippen LogP contribution in [-0.4, -0.2) is 53.9 Å². The number of cyclic esters (lactones) is 1. The lowest BCUT2D eigenvalue weighted by Crippen LogP contribution is -2.44. The number of hydrogen-bond acceptors (Lipinski definition) is 7. The number of nitrogens with zero attached hydrogens (tertiary/aromatic N) is 1. The molecule has 2 fully saturated rings. The molecule has 8 heteroatoms. The molecule has 0 radical (unpaired) electrons. The van der Waals surface area contributed by atoms with Gasteiger partial charge in [-0.1, -0.05) is 30.3 Å². The number of aromatic hydroxyl groups is 1. The average molecular weight is 483 g/mol. The van der Waals surface area contributed by atoms with E-state index in [-0.39, 0.29) is 29.2 Å². The summed E-state index contributed by atoms with van der Waals surface area (Å²) >= 11 is 0. The van der Waals surface area contributed by atoms with Crippen molar-refractivity contribution in [3.63, 3.8) is 0 Å². The summed E-state index contributed by atoms with van der Waals surface area (Å²) in [4.78, 5) is 29.9. The minimum absolute atomic E-state index is 0.00125. The second kappa shape index (κ2) is 11.5. The minimum Gasteiger partial charge on any atom is -0.503 e. The zero-order chi connectivity index (χ0) is 24.8. The first-order valence-corrected chi connectivity index (χ1v) is 12.3. The summed E-state index contributed by atoms with van der Waals surface area (Å²) in [6.45, 7) is 2.64. The van der Waals surface area contributed by atoms with Gasteiger partial charge in [-0.2, -0.15) is 0 Å². The zero-order valence-electron chi connectivity index (χ0n) is 20.3. The number of esters is 1. The molecule has 188 valence electrons. The third-order valence-corrected chi connectivity index (χ3v) is 6.83. The van der Waals surface area contributed by atoms with Gasteiger partial charge in [-0.15, -0.1) is 0 Å². The Morgan fingerprint density at radius 2 is 1.94 bits per heavy atom. The van der Waals surface area contributed by atoms with E-state index >= 15 is 0 Å². The van der Waals surface area contributed by atoms with Crippen LogP contribution in [0.5, 0.6) is 11.5 Å². The van der Waals surface area contributed by atoms with Crippen molar-refractivity contribution in [2.75, 3.05) is 13.7 Å². The summed E-state index contributed by atoms with van der Waals surface area (Å²) < 4.78 is 17.3. The highest BCUT2D eigenvalue weighted by molar-refractivity contribution is 5.97. The number of carbonyl (C=O) groups is 2. The van der Waals surface area contributed by atoms with Crippen LogP contribution in [0.4, 0.5) is 0 Å². The normalized spacial score (nSPS) is 25.0. The fraction of sp³-hybridized carbons (Fsp3) is 0.519. The molecule has 0 spiro atoms. The van der Waals surface area contributed by atoms with E-state index in [0.717, 1.165) is 19.4 Å². The van der Waals surface area contributed by atoms with Crippen LogP contribution in [0.1, 0.15) is 55.1 Å². The lowest BCUT2D eigenvalue weighted by Gasteiger charge is -2.31. The minimum atomic E-state index is -0.850. The predicted molar refractivity (Wildman–Crippen MR) is 129 cm³/mol. The molecule has 1 aliphatic carbocycles. The highest BCUT2D eigenvalue weighted by Crippen LogP contribution is 2.33. The molecule has 2 heterocycles. The van der Waals surface area contributed by atoms with Gasteiger partial charge in [0.1, 0.15) is 12.1 Å². The fourth-order valence-corrected chi connectivity index (χ4v) is 4.57. The van der Waals surface area contributed by atoms with Gasteiger partial charge in [0.2, 0.25) is 0 Å². The maximum Gasteiger partial charge on any atom is 0.328 e. The molecule has 8 nitrogen and oxygen atoms in total. The summed E-state index contributed by atoms with van der Waals surface area (Å²) in [5.41, 5.74) is 0.974. The summed E-state index contributed by atoms with van der Waals surface area (Å²) in [6, 6.07) is 10.8. The monoisotopic (exact) mass is 482 g/mol. The first-order valence-electron chi connectivity index (χ1n) is 12.3. The summed E-state index contributed by atoms with van der Waals surface area (Å²) in [6.07, 6.45) is 5.94. The van der Waals surface area contributed by atoms with Crippen molar-refractivity contribution in [1.82, 2.24) is 10.3 Å². The van der Waals surface area contributed by atoms with Crippen LogP contribution in [0.3, 0.4) is 0 Å². The third-order valence-electron chi connectivity index (χ3n) is 6.83. The smallest absolute Gasteiger partial charge is 0.328 e. The maximum absolute atomic E-state index is 13.1. The molecule has 2 aromatic rings. The van der Waals surface area contributed by atoms with E-state index in [0.29, 0.717) is 18.8 Å². The van der Waals surface area contributed by atoms with Gasteiger partial charge < -0.3 is 24.6 Å². The van der Waals surface area contributed by atoms with Gasteiger partial charge in [-0.05, 0) is 56.9 Å². The maximum atomic E-state index is 13.1. The van der Waals surface area contributed by atoms with E-state index in [1.54, 1.807) is 0 Å². The van der Waals surface area contributed by atoms with Crippen molar-refractivity contribution in [1.29, 1.82) is 0 Å². The largest absolute Gasteiger partial charge is 0.503 e. The molecular formula is C27H34N2O6. The molecular weight excluding hydrogens is 448 g/mol. The van der Waals surface area contributed by atoms with Gasteiger partial charge in [0.05, 0.1) is 13.2 Å². The van der Waals surface area contributed by atoms with E-state index < -0.39 is 24.0 Å². The lowest BCUT2D eigenvalue weighted by atomic mass is 9.87. The van der Waals surface area contributed by atoms with E-state index in [1.165, 1.54) is 37.8 Å². The molecule has 35 heavy (non-hydrogen) atoms. The van der Waals surface area contributed by atoms with Crippen LogP contribution >= 0.6 is 0 Å². The molecule has 2 aliphatic rings. The molecule has 1 saturated heterocycles. The van der Waals surface area contributed by atoms with Crippen molar-refractivity contribution in [2.24, 2.45) is 11.8 Å². The van der Waals surface area contributed by atoms with E-state index in [2.05, 4.69) is 22.4 Å². The van der Waals surface area contributed by atoms with Crippen LogP contribution in [0.15, 0.2) is 42.6 Å². The van der Waals surface area contributed by atoms with Crippen LogP contribution in [-0.2, 0) is 20.7 Å². The first kappa shape index (κ1) is 25.0. The van der Waals surface area contributed by atoms with Gasteiger partial charge in [0.25, 0.3) is 5.91 Å². The van der Waals surface area contributed by atoms with E-state index in [9.17, 15) is 14.7 Å². The Balaban J connectivity index is 1.49. The molecule has 1 amide bonds. The highest BCUT2D eigenvalue weighted by atomic mass is 16.5. The lowest BCUT2D eigenvalue weighted by molar-refractivity contribution is -0.155. The van der Waals surface area contributed by atoms with Gasteiger partial charge in [0, 0.05) is 24.8 Å². The number of nitrogens with one attached hydrogen (secondary N) is 1. The summed E-state index contributed by atoms with van der Waals surface area (Å²) in [5.74, 6) is -0.748. The van der Waals surface area contributed by atoms with Gasteiger partial charge in [0.15, 0.2) is 17.2 Å². The Bertz CT molecular complexity index is 1010. The topological polar surface area (TPSA) is 107 Å². The van der Waals surface area contributed by atoms with Gasteiger partial charge in [-0.3, -0.25) is 4.79 Å². The number of amides is 1. The van der Waals surface area contributed by atoms with Crippen LogP contribution < -0.4 is 10.1 Å². The third kappa shape index (κ3) is 6.51. The van der Waals surface area contributed by atoms with Crippen molar-refractivity contribution >= 4 is 11.9 Å². The number of ether oxygens (including phenoxy) is 3. The standard InChI is InChI=1S/C27H34N2O6/c1-17-20(15-18-7-4-3-5-8-18)22(34-16-19-11-12-19)10-6-9-21(27(32)35-17)29-26(31)24-25(30)23(33-2)13-14-28-24/h3-5,7-8,13-14,17,19-22,30H,6,9-12,15-16H2,1-2H3,(H,29,31)/t17-,20-,21?,22-/m0/s1. The van der Waals surface area contributed by atoms with Crippen molar-refractivity contribution in [3.8, 4) is 11.5 Å². The zero-order valence-corrected chi connectivity index (χ0v) is 20.3. The second-order valence-electron chi connectivity index (χ2n) is 9.48. The second-order valence-corrected chi connectivity index (χ2v) is 9.48. The molecule has 1 aromatic carbocycles. The Hall–Kier alpha value is -3.13. The molecule has 1 unspecified atom stereocenters. The average Bonchev–Trinajstić information content (AvgIpc) is 3.68. The predicted octanol–water partition coefficient (Wildman–Crippen LogP) is 3.66. The number of methoxy groups -OCH3 is 1. The van der Waals surface area contributed by atoms with Crippen molar-refractivity contribution in [2.45, 2.75) is 63.7 Å². The molecule has 1 aromatic heterocycles. The first-order chi connectivity index (χ1) is 17.0. The Kier molecular flexibility index (Phi) is 8.23. The summed E-state index contributed by atoms with van der Waals surface area (Å²) in [5, 5.41) is 13.0. The molecule has 4 atom stereocenters. The number of pyridine rings is 1. The Morgan fingerprint density at radius 3 is 2.66 bits per heavy atom. The van der Waals surface area contributed by atoms with Crippen molar-refractivity contribution in [3.05, 3.63) is 53.9 Å². The van der Waals surface area contributed by atoms with Crippen molar-refractivity contribution < 1.29 is 28.9 Å². The SMILES string of the molecule is COc1ccnc(C(=O)NC2CCC[C@H](OCC3CC3)[C@@H](Cc3ccccc3)[C@H](C)OC2=O)c1O. The summed E-state index contributed by atoms with van der Waals surface area (Å²) in [7, 11) is 1.39. The van der Waals surface area contributed by atoms with Crippen LogP contribution in [0, 0.1) is 11.8 Å². The highest BCUT2D eigenvalue weighted by Gasteiger charge is 2.36. The number of carbonyl (C=O) groups excluding carboxylic acids is 2. The molecule has 2 N–H and O–H groups in total. The quantitative estimate of drug-likeness (QED) is 0.553. The van der Waals surface area contributed by atoms with Gasteiger partial charge in [-0.25, -0.2) is 9.78 Å². The molecule has 4 rings (SSSR count). The Morgan fingerprint density at radius 1 is 1.17 bits per heavy atom. The van der Waals surface area contributed by atoms with Gasteiger partial charge >= 0.3 is 5.97 Å². The number of aromatic nitrogens is 1. The molecule has 1 aliphatic heterocycles. The van der Waals surface area contributed by atoms with E-state index in [4.69, 9.17) is 14.2 Å².